The molecular formula is C5H9N3. The fourth-order valence-corrected chi connectivity index (χ4v) is 0.215. The zero-order valence-electron chi connectivity index (χ0n) is 5.05. The lowest BCUT2D eigenvalue weighted by atomic mass is 9.98. The summed E-state index contributed by atoms with van der Waals surface area (Å²) in [5, 5.41) is 11.6. The van der Waals surface area contributed by atoms with Gasteiger partial charge in [0.2, 0.25) is 0 Å². The van der Waals surface area contributed by atoms with Crippen LogP contribution in [0.15, 0.2) is 5.10 Å². The summed E-state index contributed by atoms with van der Waals surface area (Å²) in [7, 11) is 0. The third-order valence-corrected chi connectivity index (χ3v) is 0.685. The van der Waals surface area contributed by atoms with Gasteiger partial charge in [-0.05, 0) is 13.8 Å². The van der Waals surface area contributed by atoms with Gasteiger partial charge in [-0.2, -0.15) is 10.4 Å². The fraction of sp³-hybridized carbons (Fsp3) is 0.600. The van der Waals surface area contributed by atoms with E-state index in [0.29, 0.717) is 0 Å². The van der Waals surface area contributed by atoms with Crippen molar-refractivity contribution in [1.82, 2.24) is 0 Å². The first-order valence-electron chi connectivity index (χ1n) is 2.28. The monoisotopic (exact) mass is 111 g/mol. The molecule has 0 rings (SSSR count). The Morgan fingerprint density at radius 2 is 2.25 bits per heavy atom. The summed E-state index contributed by atoms with van der Waals surface area (Å²) in [5.41, 5.74) is -0.519. The van der Waals surface area contributed by atoms with Gasteiger partial charge in [0.1, 0.15) is 0 Å². The number of hydrazone groups is 1. The first-order valence-corrected chi connectivity index (χ1v) is 2.28. The van der Waals surface area contributed by atoms with Crippen LogP contribution in [0.25, 0.3) is 0 Å². The molecule has 0 aromatic rings. The maximum atomic E-state index is 8.33. The van der Waals surface area contributed by atoms with E-state index in [9.17, 15) is 0 Å². The number of rotatable bonds is 1. The molecule has 0 aromatic heterocycles. The predicted molar refractivity (Wildman–Crippen MR) is 32.1 cm³/mol. The van der Waals surface area contributed by atoms with Gasteiger partial charge in [-0.15, -0.1) is 0 Å². The van der Waals surface area contributed by atoms with Crippen molar-refractivity contribution < 1.29 is 0 Å². The van der Waals surface area contributed by atoms with Gasteiger partial charge >= 0.3 is 0 Å². The predicted octanol–water partition coefficient (Wildman–Crippen LogP) is 0.481. The number of nitriles is 1. The van der Waals surface area contributed by atoms with Crippen LogP contribution in [-0.2, 0) is 0 Å². The van der Waals surface area contributed by atoms with Gasteiger partial charge in [0.05, 0.1) is 11.5 Å². The zero-order valence-corrected chi connectivity index (χ0v) is 5.05. The summed E-state index contributed by atoms with van der Waals surface area (Å²) < 4.78 is 0. The zero-order chi connectivity index (χ0) is 6.62. The van der Waals surface area contributed by atoms with Gasteiger partial charge in [0.15, 0.2) is 0 Å². The van der Waals surface area contributed by atoms with E-state index < -0.39 is 5.41 Å². The Kier molecular flexibility index (Phi) is 2.01. The number of hydrogen-bond acceptors (Lipinski definition) is 3. The molecule has 8 heavy (non-hydrogen) atoms. The van der Waals surface area contributed by atoms with E-state index in [2.05, 4.69) is 5.10 Å². The largest absolute Gasteiger partial charge is 0.324 e. The lowest BCUT2D eigenvalue weighted by molar-refractivity contribution is 0.709. The van der Waals surface area contributed by atoms with Crippen LogP contribution in [0.4, 0.5) is 0 Å². The average molecular weight is 111 g/mol. The van der Waals surface area contributed by atoms with Crippen molar-refractivity contribution in [3.05, 3.63) is 0 Å². The van der Waals surface area contributed by atoms with Crippen molar-refractivity contribution >= 4 is 6.21 Å². The Morgan fingerprint density at radius 1 is 1.75 bits per heavy atom. The summed E-state index contributed by atoms with van der Waals surface area (Å²) in [5.74, 6) is 4.81. The van der Waals surface area contributed by atoms with Gasteiger partial charge < -0.3 is 5.84 Å². The van der Waals surface area contributed by atoms with Crippen molar-refractivity contribution in [2.45, 2.75) is 13.8 Å². The van der Waals surface area contributed by atoms with E-state index in [-0.39, 0.29) is 0 Å². The van der Waals surface area contributed by atoms with Crippen molar-refractivity contribution in [1.29, 1.82) is 5.26 Å². The Labute approximate surface area is 48.8 Å². The first kappa shape index (κ1) is 6.96. The second kappa shape index (κ2) is 2.31. The molecule has 0 bridgehead atoms. The molecule has 0 atom stereocenters. The van der Waals surface area contributed by atoms with Crippen molar-refractivity contribution in [3.63, 3.8) is 0 Å². The third-order valence-electron chi connectivity index (χ3n) is 0.685. The number of nitrogens with two attached hydrogens (primary N) is 1. The first-order chi connectivity index (χ1) is 3.62. The molecule has 0 spiro atoms. The quantitative estimate of drug-likeness (QED) is 0.304. The number of nitrogens with zero attached hydrogens (tertiary/aromatic N) is 2. The van der Waals surface area contributed by atoms with Crippen LogP contribution in [0.3, 0.4) is 0 Å². The van der Waals surface area contributed by atoms with Gasteiger partial charge in [-0.1, -0.05) is 0 Å². The molecule has 0 fully saturated rings. The van der Waals surface area contributed by atoms with Crippen LogP contribution in [0.2, 0.25) is 0 Å². The van der Waals surface area contributed by atoms with E-state index in [1.807, 2.05) is 6.07 Å². The maximum absolute atomic E-state index is 8.33. The van der Waals surface area contributed by atoms with Crippen LogP contribution < -0.4 is 5.84 Å². The lowest BCUT2D eigenvalue weighted by Crippen LogP contribution is -2.10. The molecule has 0 aromatic carbocycles. The standard InChI is InChI=1S/C5H9N3/c1-5(2,3-6)4-8-7/h4H,7H2,1-2H3/b8-4+. The SMILES string of the molecule is CC(C)(C#N)/C=N/N. The summed E-state index contributed by atoms with van der Waals surface area (Å²) in [6.07, 6.45) is 1.41. The minimum absolute atomic E-state index is 0.519. The van der Waals surface area contributed by atoms with Gasteiger partial charge in [-0.25, -0.2) is 0 Å². The fourth-order valence-electron chi connectivity index (χ4n) is 0.215. The normalized spacial score (nSPS) is 11.6. The van der Waals surface area contributed by atoms with E-state index >= 15 is 0 Å². The van der Waals surface area contributed by atoms with E-state index in [1.165, 1.54) is 6.21 Å². The molecule has 0 unspecified atom stereocenters. The summed E-state index contributed by atoms with van der Waals surface area (Å²) in [4.78, 5) is 0. The summed E-state index contributed by atoms with van der Waals surface area (Å²) in [6, 6.07) is 2.01. The average Bonchev–Trinajstić information content (AvgIpc) is 1.67. The molecule has 0 aliphatic heterocycles. The Bertz CT molecular complexity index is 129. The Morgan fingerprint density at radius 3 is 2.38 bits per heavy atom. The molecule has 0 aliphatic carbocycles. The number of hydrogen-bond donors (Lipinski definition) is 1. The minimum atomic E-state index is -0.519. The molecular weight excluding hydrogens is 102 g/mol. The van der Waals surface area contributed by atoms with Gasteiger partial charge in [0, 0.05) is 6.21 Å². The van der Waals surface area contributed by atoms with Gasteiger partial charge in [-0.3, -0.25) is 0 Å². The highest BCUT2D eigenvalue weighted by Gasteiger charge is 2.11. The van der Waals surface area contributed by atoms with Crippen LogP contribution in [0.1, 0.15) is 13.8 Å². The second-order valence-corrected chi connectivity index (χ2v) is 2.11. The highest BCUT2D eigenvalue weighted by Crippen LogP contribution is 2.07. The van der Waals surface area contributed by atoms with E-state index in [4.69, 9.17) is 11.1 Å². The molecule has 3 heteroatoms. The van der Waals surface area contributed by atoms with Crippen molar-refractivity contribution in [2.24, 2.45) is 16.4 Å². The molecule has 2 N–H and O–H groups in total. The molecule has 44 valence electrons. The second-order valence-electron chi connectivity index (χ2n) is 2.11. The summed E-state index contributed by atoms with van der Waals surface area (Å²) >= 11 is 0. The molecule has 0 saturated carbocycles. The Balaban J connectivity index is 3.97. The van der Waals surface area contributed by atoms with Crippen LogP contribution in [0.5, 0.6) is 0 Å². The smallest absolute Gasteiger partial charge is 0.0885 e. The van der Waals surface area contributed by atoms with Crippen molar-refractivity contribution in [2.75, 3.05) is 0 Å². The molecule has 0 saturated heterocycles. The molecule has 0 radical (unpaired) electrons. The molecule has 3 nitrogen and oxygen atoms in total. The van der Waals surface area contributed by atoms with Crippen LogP contribution in [-0.4, -0.2) is 6.21 Å². The maximum Gasteiger partial charge on any atom is 0.0885 e. The topological polar surface area (TPSA) is 62.2 Å². The highest BCUT2D eigenvalue weighted by molar-refractivity contribution is 5.67. The minimum Gasteiger partial charge on any atom is -0.324 e. The summed E-state index contributed by atoms with van der Waals surface area (Å²) in [6.45, 7) is 3.48. The lowest BCUT2D eigenvalue weighted by Gasteiger charge is -2.03. The highest BCUT2D eigenvalue weighted by atomic mass is 15.1. The Hall–Kier alpha value is -1.04. The van der Waals surface area contributed by atoms with E-state index in [1.54, 1.807) is 13.8 Å². The molecule has 0 aliphatic rings. The molecule has 0 amide bonds. The van der Waals surface area contributed by atoms with Crippen LogP contribution in [0, 0.1) is 16.7 Å². The van der Waals surface area contributed by atoms with E-state index in [0.717, 1.165) is 0 Å². The third kappa shape index (κ3) is 2.19. The van der Waals surface area contributed by atoms with Crippen molar-refractivity contribution in [3.8, 4) is 6.07 Å². The van der Waals surface area contributed by atoms with Crippen LogP contribution >= 0.6 is 0 Å². The van der Waals surface area contributed by atoms with Gasteiger partial charge in [0.25, 0.3) is 0 Å². The molecule has 0 heterocycles.